The van der Waals surface area contributed by atoms with Gasteiger partial charge in [0.1, 0.15) is 0 Å². The van der Waals surface area contributed by atoms with Crippen LogP contribution in [0.3, 0.4) is 0 Å². The average Bonchev–Trinajstić information content (AvgIpc) is 2.20. The molecule has 0 spiro atoms. The predicted molar refractivity (Wildman–Crippen MR) is 59.4 cm³/mol. The van der Waals surface area contributed by atoms with Crippen LogP contribution in [-0.2, 0) is 4.74 Å². The van der Waals surface area contributed by atoms with Crippen molar-refractivity contribution in [3.05, 3.63) is 0 Å². The van der Waals surface area contributed by atoms with Crippen molar-refractivity contribution in [2.75, 3.05) is 26.7 Å². The van der Waals surface area contributed by atoms with Crippen molar-refractivity contribution in [3.63, 3.8) is 0 Å². The largest absolute Gasteiger partial charge is 0.374 e. The van der Waals surface area contributed by atoms with E-state index in [1.54, 1.807) is 0 Å². The van der Waals surface area contributed by atoms with Gasteiger partial charge in [0.25, 0.3) is 0 Å². The molecule has 14 heavy (non-hydrogen) atoms. The van der Waals surface area contributed by atoms with E-state index in [4.69, 9.17) is 10.5 Å². The van der Waals surface area contributed by atoms with E-state index in [1.807, 2.05) is 0 Å². The first-order chi connectivity index (χ1) is 6.76. The number of ether oxygens (including phenoxy) is 1. The minimum atomic E-state index is 0.286. The molecule has 0 aliphatic carbocycles. The SMILES string of the molecule is CCCC(CN)OC1CCN(C)CC1. The Hall–Kier alpha value is -0.120. The van der Waals surface area contributed by atoms with E-state index < -0.39 is 0 Å². The van der Waals surface area contributed by atoms with Gasteiger partial charge >= 0.3 is 0 Å². The predicted octanol–water partition coefficient (Wildman–Crippen LogP) is 1.22. The molecule has 1 fully saturated rings. The quantitative estimate of drug-likeness (QED) is 0.725. The van der Waals surface area contributed by atoms with Crippen molar-refractivity contribution >= 4 is 0 Å². The Bertz CT molecular complexity index is 144. The van der Waals surface area contributed by atoms with Crippen LogP contribution in [0.5, 0.6) is 0 Å². The lowest BCUT2D eigenvalue weighted by Crippen LogP contribution is -2.37. The van der Waals surface area contributed by atoms with Crippen LogP contribution in [0.1, 0.15) is 32.6 Å². The molecule has 1 atom stereocenters. The molecule has 2 N–H and O–H groups in total. The molecule has 0 radical (unpaired) electrons. The molecule has 1 unspecified atom stereocenters. The highest BCUT2D eigenvalue weighted by molar-refractivity contribution is 4.72. The normalized spacial score (nSPS) is 22.5. The van der Waals surface area contributed by atoms with Crippen molar-refractivity contribution in [2.45, 2.75) is 44.8 Å². The molecular weight excluding hydrogens is 176 g/mol. The van der Waals surface area contributed by atoms with Crippen molar-refractivity contribution < 1.29 is 4.74 Å². The van der Waals surface area contributed by atoms with Gasteiger partial charge in [-0.3, -0.25) is 0 Å². The lowest BCUT2D eigenvalue weighted by Gasteiger charge is -2.31. The van der Waals surface area contributed by atoms with Gasteiger partial charge in [-0.2, -0.15) is 0 Å². The smallest absolute Gasteiger partial charge is 0.0700 e. The van der Waals surface area contributed by atoms with Crippen LogP contribution in [0.4, 0.5) is 0 Å². The number of likely N-dealkylation sites (tertiary alicyclic amines) is 1. The summed E-state index contributed by atoms with van der Waals surface area (Å²) in [6.45, 7) is 5.17. The molecule has 0 bridgehead atoms. The maximum absolute atomic E-state index is 5.98. The van der Waals surface area contributed by atoms with Crippen molar-refractivity contribution in [1.82, 2.24) is 4.90 Å². The van der Waals surface area contributed by atoms with E-state index in [-0.39, 0.29) is 6.10 Å². The monoisotopic (exact) mass is 200 g/mol. The fourth-order valence-electron chi connectivity index (χ4n) is 1.96. The molecule has 0 saturated carbocycles. The zero-order valence-corrected chi connectivity index (χ0v) is 9.54. The maximum Gasteiger partial charge on any atom is 0.0700 e. The van der Waals surface area contributed by atoms with Gasteiger partial charge < -0.3 is 15.4 Å². The van der Waals surface area contributed by atoms with Crippen LogP contribution in [0.2, 0.25) is 0 Å². The molecule has 1 saturated heterocycles. The Balaban J connectivity index is 2.21. The molecule has 1 aliphatic rings. The first kappa shape index (κ1) is 12.0. The van der Waals surface area contributed by atoms with E-state index in [0.29, 0.717) is 12.6 Å². The zero-order chi connectivity index (χ0) is 10.4. The lowest BCUT2D eigenvalue weighted by atomic mass is 10.1. The van der Waals surface area contributed by atoms with Crippen molar-refractivity contribution in [1.29, 1.82) is 0 Å². The summed E-state index contributed by atoms with van der Waals surface area (Å²) in [7, 11) is 2.17. The summed E-state index contributed by atoms with van der Waals surface area (Å²) in [4.78, 5) is 2.36. The topological polar surface area (TPSA) is 38.5 Å². The summed E-state index contributed by atoms with van der Waals surface area (Å²) in [6, 6.07) is 0. The van der Waals surface area contributed by atoms with E-state index >= 15 is 0 Å². The highest BCUT2D eigenvalue weighted by atomic mass is 16.5. The van der Waals surface area contributed by atoms with Gasteiger partial charge in [-0.05, 0) is 26.3 Å². The Labute approximate surface area is 87.6 Å². The zero-order valence-electron chi connectivity index (χ0n) is 9.54. The fourth-order valence-corrected chi connectivity index (χ4v) is 1.96. The number of rotatable bonds is 5. The second-order valence-corrected chi connectivity index (χ2v) is 4.29. The number of hydrogen-bond donors (Lipinski definition) is 1. The lowest BCUT2D eigenvalue weighted by molar-refractivity contribution is -0.0386. The van der Waals surface area contributed by atoms with Crippen LogP contribution in [0.25, 0.3) is 0 Å². The van der Waals surface area contributed by atoms with Crippen LogP contribution in [-0.4, -0.2) is 43.8 Å². The van der Waals surface area contributed by atoms with E-state index in [1.165, 1.54) is 0 Å². The van der Waals surface area contributed by atoms with Gasteiger partial charge in [-0.1, -0.05) is 13.3 Å². The molecule has 3 heteroatoms. The van der Waals surface area contributed by atoms with E-state index in [0.717, 1.165) is 38.8 Å². The summed E-state index contributed by atoms with van der Waals surface area (Å²) in [6.07, 6.45) is 5.32. The van der Waals surface area contributed by atoms with E-state index in [2.05, 4.69) is 18.9 Å². The summed E-state index contributed by atoms with van der Waals surface area (Å²) in [5.74, 6) is 0. The Morgan fingerprint density at radius 3 is 2.57 bits per heavy atom. The molecule has 0 aromatic carbocycles. The Morgan fingerprint density at radius 1 is 1.43 bits per heavy atom. The fraction of sp³-hybridized carbons (Fsp3) is 1.00. The molecule has 0 amide bonds. The third kappa shape index (κ3) is 3.95. The molecule has 0 aromatic heterocycles. The number of nitrogens with zero attached hydrogens (tertiary/aromatic N) is 1. The number of hydrogen-bond acceptors (Lipinski definition) is 3. The minimum Gasteiger partial charge on any atom is -0.374 e. The second-order valence-electron chi connectivity index (χ2n) is 4.29. The van der Waals surface area contributed by atoms with Crippen LogP contribution in [0, 0.1) is 0 Å². The third-order valence-corrected chi connectivity index (χ3v) is 2.92. The molecule has 1 aliphatic heterocycles. The summed E-state index contributed by atoms with van der Waals surface area (Å²) in [5.41, 5.74) is 5.67. The minimum absolute atomic E-state index is 0.286. The van der Waals surface area contributed by atoms with Gasteiger partial charge in [0, 0.05) is 19.6 Å². The Morgan fingerprint density at radius 2 is 2.07 bits per heavy atom. The first-order valence-corrected chi connectivity index (χ1v) is 5.80. The summed E-state index contributed by atoms with van der Waals surface area (Å²) < 4.78 is 5.98. The van der Waals surface area contributed by atoms with Crippen LogP contribution in [0.15, 0.2) is 0 Å². The van der Waals surface area contributed by atoms with Crippen LogP contribution >= 0.6 is 0 Å². The first-order valence-electron chi connectivity index (χ1n) is 5.80. The van der Waals surface area contributed by atoms with Crippen molar-refractivity contribution in [3.8, 4) is 0 Å². The summed E-state index contributed by atoms with van der Waals surface area (Å²) in [5, 5.41) is 0. The van der Waals surface area contributed by atoms with Gasteiger partial charge in [-0.25, -0.2) is 0 Å². The van der Waals surface area contributed by atoms with Crippen LogP contribution < -0.4 is 5.73 Å². The maximum atomic E-state index is 5.98. The number of nitrogens with two attached hydrogens (primary N) is 1. The molecular formula is C11H24N2O. The summed E-state index contributed by atoms with van der Waals surface area (Å²) >= 11 is 0. The highest BCUT2D eigenvalue weighted by Gasteiger charge is 2.19. The van der Waals surface area contributed by atoms with Crippen molar-refractivity contribution in [2.24, 2.45) is 5.73 Å². The molecule has 3 nitrogen and oxygen atoms in total. The van der Waals surface area contributed by atoms with E-state index in [9.17, 15) is 0 Å². The molecule has 84 valence electrons. The standard InChI is InChI=1S/C11H24N2O/c1-3-4-11(9-12)14-10-5-7-13(2)8-6-10/h10-11H,3-9,12H2,1-2H3. The average molecular weight is 200 g/mol. The molecule has 1 heterocycles. The van der Waals surface area contributed by atoms with Gasteiger partial charge in [0.2, 0.25) is 0 Å². The number of piperidine rings is 1. The van der Waals surface area contributed by atoms with Gasteiger partial charge in [0.05, 0.1) is 12.2 Å². The molecule has 1 rings (SSSR count). The third-order valence-electron chi connectivity index (χ3n) is 2.92. The molecule has 0 aromatic rings. The Kier molecular flexibility index (Phi) is 5.45. The van der Waals surface area contributed by atoms with Gasteiger partial charge in [0.15, 0.2) is 0 Å². The second kappa shape index (κ2) is 6.38. The van der Waals surface area contributed by atoms with Gasteiger partial charge in [-0.15, -0.1) is 0 Å². The highest BCUT2D eigenvalue weighted by Crippen LogP contribution is 2.15.